The minimum Gasteiger partial charge on any atom is -0.246 e. The Balaban J connectivity index is 3.90. The van der Waals surface area contributed by atoms with Gasteiger partial charge in [0.05, 0.1) is 0 Å². The van der Waals surface area contributed by atoms with Crippen LogP contribution >= 0.6 is 31.9 Å². The zero-order chi connectivity index (χ0) is 11.8. The number of halogens is 2. The number of rotatable bonds is 5. The molecule has 0 aliphatic carbocycles. The van der Waals surface area contributed by atoms with Gasteiger partial charge in [-0.25, -0.2) is 19.4 Å². The van der Waals surface area contributed by atoms with Gasteiger partial charge in [0, 0.05) is 10.9 Å². The van der Waals surface area contributed by atoms with E-state index in [0.717, 1.165) is 6.42 Å². The third-order valence-corrected chi connectivity index (χ3v) is 3.65. The van der Waals surface area contributed by atoms with E-state index in [2.05, 4.69) is 48.2 Å². The van der Waals surface area contributed by atoms with Crippen LogP contribution in [0.5, 0.6) is 0 Å². The quantitative estimate of drug-likeness (QED) is 0.333. The van der Waals surface area contributed by atoms with E-state index in [-0.39, 0.29) is 5.57 Å². The molecule has 1 atom stereocenters. The van der Waals surface area contributed by atoms with Crippen LogP contribution in [-0.4, -0.2) is 22.1 Å². The van der Waals surface area contributed by atoms with Crippen LogP contribution < -0.4 is 0 Å². The van der Waals surface area contributed by atoms with Crippen LogP contribution in [0, 0.1) is 0 Å². The molecule has 0 radical (unpaired) electrons. The molecule has 0 saturated carbocycles. The van der Waals surface area contributed by atoms with Gasteiger partial charge in [0.15, 0.2) is 0 Å². The Morgan fingerprint density at radius 2 is 2.00 bits per heavy atom. The number of carbonyl (C=O) groups is 2. The Morgan fingerprint density at radius 3 is 2.47 bits per heavy atom. The van der Waals surface area contributed by atoms with Crippen molar-refractivity contribution in [3.63, 3.8) is 0 Å². The van der Waals surface area contributed by atoms with Crippen LogP contribution in [0.4, 0.5) is 0 Å². The van der Waals surface area contributed by atoms with Gasteiger partial charge in [0.1, 0.15) is 4.83 Å². The minimum atomic E-state index is -0.709. The Labute approximate surface area is 105 Å². The zero-order valence-electron chi connectivity index (χ0n) is 8.29. The number of alkyl halides is 2. The summed E-state index contributed by atoms with van der Waals surface area (Å²) in [4.78, 5) is 30.2. The fourth-order valence-corrected chi connectivity index (χ4v) is 0.998. The molecule has 0 rings (SSSR count). The van der Waals surface area contributed by atoms with Crippen LogP contribution in [0.2, 0.25) is 0 Å². The molecular weight excluding hydrogens is 332 g/mol. The van der Waals surface area contributed by atoms with Crippen molar-refractivity contribution in [1.29, 1.82) is 0 Å². The van der Waals surface area contributed by atoms with Crippen LogP contribution in [0.1, 0.15) is 19.8 Å². The molecule has 0 aromatic carbocycles. The Morgan fingerprint density at radius 1 is 1.40 bits per heavy atom. The molecule has 0 aromatic rings. The molecule has 1 unspecified atom stereocenters. The van der Waals surface area contributed by atoms with Crippen molar-refractivity contribution >= 4 is 43.8 Å². The first kappa shape index (κ1) is 14.6. The maximum Gasteiger partial charge on any atom is 0.381 e. The first-order valence-corrected chi connectivity index (χ1v) is 6.37. The summed E-state index contributed by atoms with van der Waals surface area (Å²) in [6, 6.07) is 0. The first-order valence-electron chi connectivity index (χ1n) is 4.33. The molecule has 0 spiro atoms. The van der Waals surface area contributed by atoms with Gasteiger partial charge >= 0.3 is 11.9 Å². The van der Waals surface area contributed by atoms with Gasteiger partial charge in [0.2, 0.25) is 0 Å². The molecule has 0 heterocycles. The molecule has 0 amide bonds. The molecule has 0 bridgehead atoms. The van der Waals surface area contributed by atoms with Crippen molar-refractivity contribution in [3.05, 3.63) is 12.2 Å². The van der Waals surface area contributed by atoms with Gasteiger partial charge in [-0.1, -0.05) is 51.8 Å². The van der Waals surface area contributed by atoms with E-state index in [1.54, 1.807) is 0 Å². The summed E-state index contributed by atoms with van der Waals surface area (Å²) in [5.41, 5.74) is 0.287. The number of hydrogen-bond acceptors (Lipinski definition) is 4. The van der Waals surface area contributed by atoms with Crippen molar-refractivity contribution in [2.24, 2.45) is 0 Å². The first-order chi connectivity index (χ1) is 7.02. The Hall–Kier alpha value is -0.360. The third kappa shape index (κ3) is 5.94. The van der Waals surface area contributed by atoms with E-state index in [0.29, 0.717) is 11.8 Å². The van der Waals surface area contributed by atoms with E-state index in [4.69, 9.17) is 0 Å². The average Bonchev–Trinajstić information content (AvgIpc) is 2.24. The molecule has 86 valence electrons. The van der Waals surface area contributed by atoms with E-state index in [1.807, 2.05) is 6.92 Å². The minimum absolute atomic E-state index is 0.287. The Bertz CT molecular complexity index is 252. The van der Waals surface area contributed by atoms with E-state index in [1.165, 1.54) is 0 Å². The van der Waals surface area contributed by atoms with Gasteiger partial charge in [-0.3, -0.25) is 0 Å². The summed E-state index contributed by atoms with van der Waals surface area (Å²) in [6.45, 7) is 5.41. The maximum atomic E-state index is 11.1. The normalized spacial score (nSPS) is 11.7. The lowest BCUT2D eigenvalue weighted by molar-refractivity contribution is -0.254. The van der Waals surface area contributed by atoms with Gasteiger partial charge in [-0.2, -0.15) is 0 Å². The smallest absolute Gasteiger partial charge is 0.246 e. The van der Waals surface area contributed by atoms with Gasteiger partial charge in [-0.05, 0) is 6.42 Å². The highest BCUT2D eigenvalue weighted by Gasteiger charge is 2.19. The van der Waals surface area contributed by atoms with Crippen molar-refractivity contribution in [3.8, 4) is 0 Å². The molecular formula is C9H12Br2O4. The number of carbonyl (C=O) groups excluding carboxylic acids is 2. The lowest BCUT2D eigenvalue weighted by atomic mass is 10.2. The summed E-state index contributed by atoms with van der Waals surface area (Å²) in [7, 11) is 0. The summed E-state index contributed by atoms with van der Waals surface area (Å²) in [6.07, 6.45) is 1.30. The highest BCUT2D eigenvalue weighted by atomic mass is 79.9. The van der Waals surface area contributed by atoms with Crippen LogP contribution in [0.15, 0.2) is 12.2 Å². The summed E-state index contributed by atoms with van der Waals surface area (Å²) in [5.74, 6) is -1.37. The second-order valence-electron chi connectivity index (χ2n) is 2.75. The van der Waals surface area contributed by atoms with Crippen molar-refractivity contribution in [2.45, 2.75) is 24.6 Å². The second-order valence-corrected chi connectivity index (χ2v) is 4.50. The summed E-state index contributed by atoms with van der Waals surface area (Å²) >= 11 is 6.10. The summed E-state index contributed by atoms with van der Waals surface area (Å²) < 4.78 is 0. The van der Waals surface area contributed by atoms with Gasteiger partial charge in [0.25, 0.3) is 0 Å². The monoisotopic (exact) mass is 342 g/mol. The average molecular weight is 344 g/mol. The molecule has 0 N–H and O–H groups in total. The van der Waals surface area contributed by atoms with E-state index >= 15 is 0 Å². The zero-order valence-corrected chi connectivity index (χ0v) is 11.5. The third-order valence-electron chi connectivity index (χ3n) is 1.43. The largest absolute Gasteiger partial charge is 0.381 e. The predicted octanol–water partition coefficient (Wildman–Crippen LogP) is 2.50. The van der Waals surface area contributed by atoms with Gasteiger partial charge < -0.3 is 0 Å². The van der Waals surface area contributed by atoms with Crippen molar-refractivity contribution in [2.75, 3.05) is 5.33 Å². The second kappa shape index (κ2) is 7.87. The predicted molar refractivity (Wildman–Crippen MR) is 62.7 cm³/mol. The molecule has 0 fully saturated rings. The fourth-order valence-electron chi connectivity index (χ4n) is 0.657. The molecule has 0 aliphatic rings. The molecule has 0 saturated heterocycles. The maximum absolute atomic E-state index is 11.1. The highest BCUT2D eigenvalue weighted by molar-refractivity contribution is 9.12. The standard InChI is InChI=1S/C9H12Br2O4/c1-3-4-6(2)8(12)14-15-9(13)7(11)5-10/h7H,2-5H2,1H3. The highest BCUT2D eigenvalue weighted by Crippen LogP contribution is 2.08. The lowest BCUT2D eigenvalue weighted by Gasteiger charge is -2.06. The lowest BCUT2D eigenvalue weighted by Crippen LogP contribution is -2.21. The van der Waals surface area contributed by atoms with Crippen molar-refractivity contribution in [1.82, 2.24) is 0 Å². The van der Waals surface area contributed by atoms with Crippen LogP contribution in [-0.2, 0) is 19.4 Å². The Kier molecular flexibility index (Phi) is 7.68. The molecule has 0 aliphatic heterocycles. The number of hydrogen-bond donors (Lipinski definition) is 0. The molecule has 6 heteroatoms. The molecule has 4 nitrogen and oxygen atoms in total. The van der Waals surface area contributed by atoms with E-state index < -0.39 is 16.8 Å². The SMILES string of the molecule is C=C(CCC)C(=O)OOC(=O)C(Br)CBr. The molecule has 15 heavy (non-hydrogen) atoms. The van der Waals surface area contributed by atoms with Crippen LogP contribution in [0.25, 0.3) is 0 Å². The summed E-state index contributed by atoms with van der Waals surface area (Å²) in [5, 5.41) is 0.374. The van der Waals surface area contributed by atoms with Gasteiger partial charge in [-0.15, -0.1) is 0 Å². The van der Waals surface area contributed by atoms with Crippen molar-refractivity contribution < 1.29 is 19.4 Å². The molecule has 0 aromatic heterocycles. The topological polar surface area (TPSA) is 52.6 Å². The van der Waals surface area contributed by atoms with E-state index in [9.17, 15) is 9.59 Å². The van der Waals surface area contributed by atoms with Crippen LogP contribution in [0.3, 0.4) is 0 Å². The fraction of sp³-hybridized carbons (Fsp3) is 0.556.